The zero-order valence-corrected chi connectivity index (χ0v) is 16.3. The number of nitrogens with one attached hydrogen (secondary N) is 2. The molecule has 28 heavy (non-hydrogen) atoms. The molecule has 3 aromatic rings. The lowest BCUT2D eigenvalue weighted by Gasteiger charge is -2.24. The maximum atomic E-state index is 12.4. The molecule has 1 amide bonds. The number of nitrogens with zero attached hydrogens (tertiary/aromatic N) is 3. The third-order valence-electron chi connectivity index (χ3n) is 4.49. The first-order valence-electron chi connectivity index (χ1n) is 8.92. The number of hydrogen-bond donors (Lipinski definition) is 2. The van der Waals surface area contributed by atoms with Gasteiger partial charge >= 0.3 is 0 Å². The fourth-order valence-electron chi connectivity index (χ4n) is 2.95. The molecule has 0 aliphatic carbocycles. The minimum absolute atomic E-state index is 0. The molecule has 2 aromatic carbocycles. The largest absolute Gasteiger partial charge is 0.371 e. The molecule has 1 saturated heterocycles. The summed E-state index contributed by atoms with van der Waals surface area (Å²) in [4.78, 5) is 12.4. The average Bonchev–Trinajstić information content (AvgIpc) is 3.20. The Morgan fingerprint density at radius 1 is 1.18 bits per heavy atom. The summed E-state index contributed by atoms with van der Waals surface area (Å²) in [5, 5.41) is 14.2. The number of carbonyl (C=O) groups is 1. The molecule has 4 rings (SSSR count). The predicted molar refractivity (Wildman–Crippen MR) is 109 cm³/mol. The van der Waals surface area contributed by atoms with E-state index in [2.05, 4.69) is 20.9 Å². The van der Waals surface area contributed by atoms with Crippen LogP contribution in [0.2, 0.25) is 0 Å². The highest BCUT2D eigenvalue weighted by molar-refractivity contribution is 6.02. The molecule has 0 saturated carbocycles. The van der Waals surface area contributed by atoms with Crippen molar-refractivity contribution in [3.05, 3.63) is 71.5 Å². The molecular formula is C20H22ClN5O2. The van der Waals surface area contributed by atoms with Crippen LogP contribution in [0.3, 0.4) is 0 Å². The van der Waals surface area contributed by atoms with Crippen LogP contribution < -0.4 is 10.6 Å². The van der Waals surface area contributed by atoms with Gasteiger partial charge in [0.25, 0.3) is 5.91 Å². The second kappa shape index (κ2) is 8.97. The monoisotopic (exact) mass is 399 g/mol. The Kier molecular flexibility index (Phi) is 6.41. The third-order valence-corrected chi connectivity index (χ3v) is 4.49. The van der Waals surface area contributed by atoms with E-state index in [9.17, 15) is 4.79 Å². The minimum atomic E-state index is -0.295. The number of carbonyl (C=O) groups excluding carboxylic acids is 1. The Morgan fingerprint density at radius 2 is 1.93 bits per heavy atom. The molecule has 1 aromatic heterocycles. The lowest BCUT2D eigenvalue weighted by Crippen LogP contribution is -2.33. The first kappa shape index (κ1) is 20.0. The van der Waals surface area contributed by atoms with Gasteiger partial charge in [0.2, 0.25) is 0 Å². The molecular weight excluding hydrogens is 378 g/mol. The molecule has 1 fully saturated rings. The number of rotatable bonds is 4. The van der Waals surface area contributed by atoms with E-state index in [1.54, 1.807) is 10.9 Å². The van der Waals surface area contributed by atoms with E-state index >= 15 is 0 Å². The number of hydrogen-bond acceptors (Lipinski definition) is 5. The van der Waals surface area contributed by atoms with Crippen LogP contribution in [0.5, 0.6) is 0 Å². The Labute approximate surface area is 169 Å². The molecule has 0 spiro atoms. The van der Waals surface area contributed by atoms with E-state index in [1.807, 2.05) is 55.5 Å². The van der Waals surface area contributed by atoms with Crippen LogP contribution in [0.25, 0.3) is 5.69 Å². The molecule has 1 unspecified atom stereocenters. The summed E-state index contributed by atoms with van der Waals surface area (Å²) in [6.07, 6.45) is 1.67. The summed E-state index contributed by atoms with van der Waals surface area (Å²) < 4.78 is 7.32. The van der Waals surface area contributed by atoms with Crippen molar-refractivity contribution in [1.82, 2.24) is 20.3 Å². The molecule has 1 aliphatic heterocycles. The van der Waals surface area contributed by atoms with Gasteiger partial charge in [0.1, 0.15) is 0 Å². The minimum Gasteiger partial charge on any atom is -0.371 e. The van der Waals surface area contributed by atoms with Gasteiger partial charge in [-0.2, -0.15) is 0 Å². The summed E-state index contributed by atoms with van der Waals surface area (Å²) in [5.74, 6) is -0.295. The predicted octanol–water partition coefficient (Wildman–Crippen LogP) is 2.91. The quantitative estimate of drug-likeness (QED) is 0.705. The van der Waals surface area contributed by atoms with Crippen molar-refractivity contribution in [2.24, 2.45) is 0 Å². The maximum Gasteiger partial charge on any atom is 0.277 e. The Balaban J connectivity index is 0.00000225. The summed E-state index contributed by atoms with van der Waals surface area (Å²) in [6, 6.07) is 15.5. The van der Waals surface area contributed by atoms with Crippen molar-refractivity contribution < 1.29 is 9.53 Å². The zero-order chi connectivity index (χ0) is 18.6. The van der Waals surface area contributed by atoms with Gasteiger partial charge in [-0.25, -0.2) is 4.68 Å². The van der Waals surface area contributed by atoms with Crippen molar-refractivity contribution in [3.8, 4) is 5.69 Å². The van der Waals surface area contributed by atoms with Crippen LogP contribution in [0.15, 0.2) is 54.7 Å². The smallest absolute Gasteiger partial charge is 0.277 e. The first-order chi connectivity index (χ1) is 13.2. The Hall–Kier alpha value is -2.74. The van der Waals surface area contributed by atoms with Crippen LogP contribution in [0, 0.1) is 6.92 Å². The number of ether oxygens (including phenoxy) is 1. The summed E-state index contributed by atoms with van der Waals surface area (Å²) in [6.45, 7) is 4.41. The zero-order valence-electron chi connectivity index (χ0n) is 15.5. The van der Waals surface area contributed by atoms with Crippen LogP contribution in [-0.4, -0.2) is 40.6 Å². The van der Waals surface area contributed by atoms with E-state index in [-0.39, 0.29) is 30.1 Å². The van der Waals surface area contributed by atoms with E-state index in [4.69, 9.17) is 4.74 Å². The number of amides is 1. The molecule has 1 atom stereocenters. The van der Waals surface area contributed by atoms with E-state index in [0.717, 1.165) is 29.9 Å². The lowest BCUT2D eigenvalue weighted by atomic mass is 10.1. The highest BCUT2D eigenvalue weighted by Crippen LogP contribution is 2.21. The van der Waals surface area contributed by atoms with Gasteiger partial charge in [0, 0.05) is 18.8 Å². The van der Waals surface area contributed by atoms with Gasteiger partial charge in [0.05, 0.1) is 24.6 Å². The number of aromatic nitrogens is 3. The highest BCUT2D eigenvalue weighted by atomic mass is 35.5. The summed E-state index contributed by atoms with van der Waals surface area (Å²) >= 11 is 0. The second-order valence-electron chi connectivity index (χ2n) is 6.52. The number of morpholine rings is 1. The van der Waals surface area contributed by atoms with Crippen molar-refractivity contribution in [1.29, 1.82) is 0 Å². The van der Waals surface area contributed by atoms with Crippen molar-refractivity contribution >= 4 is 24.0 Å². The van der Waals surface area contributed by atoms with Crippen molar-refractivity contribution in [2.75, 3.05) is 25.0 Å². The average molecular weight is 400 g/mol. The Morgan fingerprint density at radius 3 is 2.61 bits per heavy atom. The van der Waals surface area contributed by atoms with Crippen LogP contribution in [-0.2, 0) is 4.74 Å². The third kappa shape index (κ3) is 4.56. The molecule has 8 heteroatoms. The van der Waals surface area contributed by atoms with Gasteiger partial charge in [-0.3, -0.25) is 4.79 Å². The van der Waals surface area contributed by atoms with Gasteiger partial charge in [0.15, 0.2) is 5.69 Å². The second-order valence-corrected chi connectivity index (χ2v) is 6.52. The van der Waals surface area contributed by atoms with Gasteiger partial charge in [-0.15, -0.1) is 17.5 Å². The number of anilines is 1. The molecule has 0 bridgehead atoms. The van der Waals surface area contributed by atoms with E-state index < -0.39 is 0 Å². The highest BCUT2D eigenvalue weighted by Gasteiger charge is 2.16. The molecule has 2 N–H and O–H groups in total. The van der Waals surface area contributed by atoms with Crippen molar-refractivity contribution in [2.45, 2.75) is 13.0 Å². The van der Waals surface area contributed by atoms with E-state index in [1.165, 1.54) is 0 Å². The van der Waals surface area contributed by atoms with Gasteiger partial charge in [-0.05, 0) is 36.8 Å². The number of benzene rings is 2. The van der Waals surface area contributed by atoms with Crippen molar-refractivity contribution in [3.63, 3.8) is 0 Å². The first-order valence-corrected chi connectivity index (χ1v) is 8.92. The van der Waals surface area contributed by atoms with E-state index in [0.29, 0.717) is 12.3 Å². The lowest BCUT2D eigenvalue weighted by molar-refractivity contribution is 0.0277. The maximum absolute atomic E-state index is 12.4. The molecule has 7 nitrogen and oxygen atoms in total. The van der Waals surface area contributed by atoms with Crippen LogP contribution in [0.1, 0.15) is 27.7 Å². The van der Waals surface area contributed by atoms with Crippen LogP contribution in [0.4, 0.5) is 5.69 Å². The topological polar surface area (TPSA) is 81.1 Å². The van der Waals surface area contributed by atoms with Gasteiger partial charge < -0.3 is 15.4 Å². The van der Waals surface area contributed by atoms with Gasteiger partial charge in [-0.1, -0.05) is 35.0 Å². The SMILES string of the molecule is Cc1ccc(-n2cc(C(=O)Nc3ccc(C4CNCCO4)cc3)nn2)cc1.Cl. The standard InChI is InChI=1S/C20H21N5O2.ClH/c1-14-2-8-17(9-3-14)25-13-18(23-24-25)20(26)22-16-6-4-15(5-7-16)19-12-21-10-11-27-19;/h2-9,13,19,21H,10-12H2,1H3,(H,22,26);1H. The summed E-state index contributed by atoms with van der Waals surface area (Å²) in [7, 11) is 0. The number of halogens is 1. The van der Waals surface area contributed by atoms with Crippen LogP contribution >= 0.6 is 12.4 Å². The number of aryl methyl sites for hydroxylation is 1. The fourth-order valence-corrected chi connectivity index (χ4v) is 2.95. The normalized spacial score (nSPS) is 16.2. The molecule has 0 radical (unpaired) electrons. The molecule has 146 valence electrons. The molecule has 1 aliphatic rings. The fraction of sp³-hybridized carbons (Fsp3) is 0.250. The molecule has 2 heterocycles. The summed E-state index contributed by atoms with van der Waals surface area (Å²) in [5.41, 5.74) is 4.08. The Bertz CT molecular complexity index is 919.